The number of likely N-dealkylation sites (N-methyl/N-ethyl adjacent to an activating group) is 1. The molecule has 1 N–H and O–H groups in total. The maximum atomic E-state index is 11.6. The molecule has 0 fully saturated rings. The first-order valence-corrected chi connectivity index (χ1v) is 5.05. The summed E-state index contributed by atoms with van der Waals surface area (Å²) < 4.78 is 12.1. The van der Waals surface area contributed by atoms with Crippen molar-refractivity contribution in [2.45, 2.75) is 19.6 Å². The van der Waals surface area contributed by atoms with Crippen molar-refractivity contribution in [2.75, 3.05) is 7.02 Å². The van der Waals surface area contributed by atoms with Crippen molar-refractivity contribution in [3.8, 4) is 0 Å². The number of amides is 1. The molecule has 0 aromatic heterocycles. The van der Waals surface area contributed by atoms with Gasteiger partial charge in [0.1, 0.15) is 12.6 Å². The summed E-state index contributed by atoms with van der Waals surface area (Å²) in [5.41, 5.74) is 0.804. The van der Waals surface area contributed by atoms with E-state index in [2.05, 4.69) is 0 Å². The van der Waals surface area contributed by atoms with Gasteiger partial charge in [-0.15, -0.1) is 0 Å². The molecule has 0 bridgehead atoms. The summed E-state index contributed by atoms with van der Waals surface area (Å²) in [6.45, 7) is 1.39. The Hall–Kier alpha value is -2.04. The Kier molecular flexibility index (Phi) is 3.96. The normalized spacial score (nSPS) is 12.4. The minimum Gasteiger partial charge on any atom is -0.480 e. The van der Waals surface area contributed by atoms with Gasteiger partial charge in [-0.25, -0.2) is 9.59 Å². The number of carboxylic acid groups (broad SMARTS) is 1. The Labute approximate surface area is 101 Å². The minimum absolute atomic E-state index is 0.0580. The molecule has 0 aliphatic carbocycles. The molecule has 1 atom stereocenters. The second kappa shape index (κ2) is 5.89. The van der Waals surface area contributed by atoms with E-state index < -0.39 is 25.1 Å². The number of benzene rings is 1. The molecule has 0 spiro atoms. The molecule has 0 aliphatic heterocycles. The third-order valence-electron chi connectivity index (χ3n) is 2.26. The zero-order valence-electron chi connectivity index (χ0n) is 10.5. The summed E-state index contributed by atoms with van der Waals surface area (Å²) in [5, 5.41) is 8.78. The van der Waals surface area contributed by atoms with Crippen molar-refractivity contribution in [3.05, 3.63) is 35.9 Å². The van der Waals surface area contributed by atoms with Gasteiger partial charge in [0.05, 0.1) is 0 Å². The lowest BCUT2D eigenvalue weighted by Gasteiger charge is -2.20. The summed E-state index contributed by atoms with van der Waals surface area (Å²) >= 11 is 0. The first kappa shape index (κ1) is 11.4. The predicted octanol–water partition coefficient (Wildman–Crippen LogP) is 1.73. The van der Waals surface area contributed by atoms with E-state index in [1.54, 1.807) is 12.1 Å². The Balaban J connectivity index is 2.56. The average molecular weight is 238 g/mol. The van der Waals surface area contributed by atoms with Crippen LogP contribution in [-0.4, -0.2) is 35.1 Å². The summed E-state index contributed by atoms with van der Waals surface area (Å²) in [6.07, 6.45) is -0.802. The molecular weight excluding hydrogens is 222 g/mol. The predicted molar refractivity (Wildman–Crippen MR) is 61.5 cm³/mol. The molecule has 17 heavy (non-hydrogen) atoms. The van der Waals surface area contributed by atoms with Crippen LogP contribution in [0, 0.1) is 0 Å². The fourth-order valence-electron chi connectivity index (χ4n) is 1.09. The second-order valence-electron chi connectivity index (χ2n) is 3.52. The lowest BCUT2D eigenvalue weighted by molar-refractivity contribution is -0.141. The van der Waals surface area contributed by atoms with Crippen LogP contribution in [0.4, 0.5) is 4.79 Å². The zero-order chi connectivity index (χ0) is 13.5. The molecule has 0 unspecified atom stereocenters. The van der Waals surface area contributed by atoms with Crippen LogP contribution in [-0.2, 0) is 16.1 Å². The van der Waals surface area contributed by atoms with Crippen LogP contribution in [0.2, 0.25) is 0 Å². The Morgan fingerprint density at radius 3 is 2.65 bits per heavy atom. The maximum Gasteiger partial charge on any atom is 0.410 e. The molecule has 5 heteroatoms. The summed E-state index contributed by atoms with van der Waals surface area (Å²) in [5.74, 6) is -1.17. The molecule has 1 aromatic rings. The Morgan fingerprint density at radius 2 is 2.12 bits per heavy atom. The number of carbonyl (C=O) groups excluding carboxylic acids is 1. The SMILES string of the molecule is [2H]CN(C(=O)OCc1ccccc1)[C@@H](C)C(=O)O. The number of carbonyl (C=O) groups is 2. The highest BCUT2D eigenvalue weighted by Gasteiger charge is 2.22. The molecule has 0 saturated heterocycles. The molecule has 1 rings (SSSR count). The van der Waals surface area contributed by atoms with Crippen molar-refractivity contribution in [1.82, 2.24) is 4.90 Å². The van der Waals surface area contributed by atoms with Gasteiger partial charge < -0.3 is 9.84 Å². The van der Waals surface area contributed by atoms with Crippen LogP contribution < -0.4 is 0 Å². The van der Waals surface area contributed by atoms with Crippen molar-refractivity contribution >= 4 is 12.1 Å². The maximum absolute atomic E-state index is 11.6. The fourth-order valence-corrected chi connectivity index (χ4v) is 1.09. The van der Waals surface area contributed by atoms with Crippen LogP contribution in [0.3, 0.4) is 0 Å². The highest BCUT2D eigenvalue weighted by Crippen LogP contribution is 2.04. The lowest BCUT2D eigenvalue weighted by atomic mass is 10.2. The monoisotopic (exact) mass is 238 g/mol. The van der Waals surface area contributed by atoms with Crippen molar-refractivity contribution in [3.63, 3.8) is 0 Å². The number of rotatable bonds is 4. The molecule has 5 nitrogen and oxygen atoms in total. The number of aliphatic carboxylic acids is 1. The van der Waals surface area contributed by atoms with Gasteiger partial charge in [0.15, 0.2) is 0 Å². The second-order valence-corrected chi connectivity index (χ2v) is 3.52. The van der Waals surface area contributed by atoms with Crippen molar-refractivity contribution in [2.24, 2.45) is 0 Å². The Morgan fingerprint density at radius 1 is 1.47 bits per heavy atom. The molecule has 0 aliphatic rings. The topological polar surface area (TPSA) is 66.8 Å². The first-order valence-electron chi connectivity index (χ1n) is 5.76. The summed E-state index contributed by atoms with van der Waals surface area (Å²) in [4.78, 5) is 23.2. The number of carboxylic acids is 1. The first-order chi connectivity index (χ1) is 8.56. The molecule has 1 amide bonds. The van der Waals surface area contributed by atoms with Crippen molar-refractivity contribution in [1.29, 1.82) is 0 Å². The van der Waals surface area contributed by atoms with Gasteiger partial charge in [-0.3, -0.25) is 4.90 Å². The van der Waals surface area contributed by atoms with E-state index in [0.717, 1.165) is 10.5 Å². The standard InChI is InChI=1S/C12H15NO4/c1-9(11(14)15)13(2)12(16)17-8-10-6-4-3-5-7-10/h3-7,9H,8H2,1-2H3,(H,14,15)/t9-/m0/s1/i2D. The molecule has 0 saturated carbocycles. The zero-order valence-corrected chi connectivity index (χ0v) is 9.50. The number of nitrogens with zero attached hydrogens (tertiary/aromatic N) is 1. The third-order valence-corrected chi connectivity index (χ3v) is 2.26. The molecular formula is C12H15NO4. The van der Waals surface area contributed by atoms with E-state index in [0.29, 0.717) is 0 Å². The van der Waals surface area contributed by atoms with Gasteiger partial charge in [-0.2, -0.15) is 0 Å². The van der Waals surface area contributed by atoms with Gasteiger partial charge in [0, 0.05) is 8.39 Å². The van der Waals surface area contributed by atoms with E-state index in [-0.39, 0.29) is 6.61 Å². The van der Waals surface area contributed by atoms with Crippen LogP contribution in [0.1, 0.15) is 13.9 Å². The summed E-state index contributed by atoms with van der Waals surface area (Å²) in [6, 6.07) is 7.97. The molecule has 1 aromatic carbocycles. The van der Waals surface area contributed by atoms with Gasteiger partial charge in [-0.1, -0.05) is 30.3 Å². The van der Waals surface area contributed by atoms with Gasteiger partial charge in [0.2, 0.25) is 0 Å². The average Bonchev–Trinajstić information content (AvgIpc) is 2.38. The lowest BCUT2D eigenvalue weighted by Crippen LogP contribution is -2.40. The van der Waals surface area contributed by atoms with E-state index in [1.807, 2.05) is 18.2 Å². The van der Waals surface area contributed by atoms with Gasteiger partial charge >= 0.3 is 12.1 Å². The largest absolute Gasteiger partial charge is 0.480 e. The number of ether oxygens (including phenoxy) is 1. The van der Waals surface area contributed by atoms with E-state index in [1.165, 1.54) is 6.92 Å². The Bertz CT molecular complexity index is 410. The number of hydrogen-bond donors (Lipinski definition) is 1. The van der Waals surface area contributed by atoms with Gasteiger partial charge in [-0.05, 0) is 12.5 Å². The molecule has 0 heterocycles. The van der Waals surface area contributed by atoms with Crippen LogP contribution in [0.25, 0.3) is 0 Å². The quantitative estimate of drug-likeness (QED) is 0.867. The molecule has 0 radical (unpaired) electrons. The van der Waals surface area contributed by atoms with Crippen LogP contribution in [0.5, 0.6) is 0 Å². The fraction of sp³-hybridized carbons (Fsp3) is 0.333. The van der Waals surface area contributed by atoms with E-state index in [9.17, 15) is 9.59 Å². The van der Waals surface area contributed by atoms with E-state index >= 15 is 0 Å². The number of hydrogen-bond acceptors (Lipinski definition) is 3. The highest BCUT2D eigenvalue weighted by atomic mass is 16.6. The molecule has 92 valence electrons. The highest BCUT2D eigenvalue weighted by molar-refractivity contribution is 5.79. The van der Waals surface area contributed by atoms with Crippen LogP contribution >= 0.6 is 0 Å². The van der Waals surface area contributed by atoms with Crippen LogP contribution in [0.15, 0.2) is 30.3 Å². The summed E-state index contributed by atoms with van der Waals surface area (Å²) in [7, 11) is -0.457. The van der Waals surface area contributed by atoms with Gasteiger partial charge in [0.25, 0.3) is 0 Å². The van der Waals surface area contributed by atoms with E-state index in [4.69, 9.17) is 11.2 Å². The smallest absolute Gasteiger partial charge is 0.410 e. The minimum atomic E-state index is -1.17. The van der Waals surface area contributed by atoms with Crippen molar-refractivity contribution < 1.29 is 20.8 Å². The third kappa shape index (κ3) is 3.79.